The van der Waals surface area contributed by atoms with Crippen molar-refractivity contribution < 1.29 is 4.84 Å². The van der Waals surface area contributed by atoms with E-state index in [-0.39, 0.29) is 0 Å². The summed E-state index contributed by atoms with van der Waals surface area (Å²) in [6.07, 6.45) is 1.71. The monoisotopic (exact) mass is 369 g/mol. The Morgan fingerprint density at radius 1 is 0.920 bits per heavy atom. The maximum atomic E-state index is 6.22. The molecular formula is C19H13Cl2N3O. The molecule has 0 spiro atoms. The second kappa shape index (κ2) is 6.75. The Kier molecular flexibility index (Phi) is 4.30. The SMILES string of the molecule is Clc1ccc(-c2nc3ncccc3n2OCc2ccccc2Cl)cc1. The van der Waals surface area contributed by atoms with Crippen molar-refractivity contribution in [2.45, 2.75) is 6.61 Å². The third kappa shape index (κ3) is 3.18. The Balaban J connectivity index is 1.77. The lowest BCUT2D eigenvalue weighted by molar-refractivity contribution is 0.110. The quantitative estimate of drug-likeness (QED) is 0.506. The van der Waals surface area contributed by atoms with E-state index in [1.54, 1.807) is 10.9 Å². The first-order chi connectivity index (χ1) is 12.2. The molecule has 2 aromatic heterocycles. The van der Waals surface area contributed by atoms with Crippen LogP contribution in [0.3, 0.4) is 0 Å². The molecule has 0 radical (unpaired) electrons. The molecule has 6 heteroatoms. The van der Waals surface area contributed by atoms with Crippen molar-refractivity contribution in [3.63, 3.8) is 0 Å². The number of pyridine rings is 1. The van der Waals surface area contributed by atoms with Gasteiger partial charge in [-0.3, -0.25) is 0 Å². The molecule has 0 N–H and O–H groups in total. The highest BCUT2D eigenvalue weighted by molar-refractivity contribution is 6.31. The number of nitrogens with zero attached hydrogens (tertiary/aromatic N) is 3. The highest BCUT2D eigenvalue weighted by atomic mass is 35.5. The third-order valence-electron chi connectivity index (χ3n) is 3.80. The fourth-order valence-electron chi connectivity index (χ4n) is 2.55. The molecule has 4 aromatic rings. The number of fused-ring (bicyclic) bond motifs is 1. The summed E-state index contributed by atoms with van der Waals surface area (Å²) in [6, 6.07) is 18.8. The molecule has 0 aliphatic carbocycles. The van der Waals surface area contributed by atoms with Gasteiger partial charge in [0.15, 0.2) is 11.5 Å². The molecule has 25 heavy (non-hydrogen) atoms. The van der Waals surface area contributed by atoms with E-state index in [9.17, 15) is 0 Å². The lowest BCUT2D eigenvalue weighted by Gasteiger charge is -2.12. The molecule has 0 atom stereocenters. The zero-order chi connectivity index (χ0) is 17.2. The highest BCUT2D eigenvalue weighted by Gasteiger charge is 2.15. The van der Waals surface area contributed by atoms with Crippen LogP contribution in [-0.4, -0.2) is 14.7 Å². The van der Waals surface area contributed by atoms with Crippen molar-refractivity contribution in [2.75, 3.05) is 0 Å². The minimum absolute atomic E-state index is 0.320. The van der Waals surface area contributed by atoms with E-state index in [1.807, 2.05) is 60.7 Å². The van der Waals surface area contributed by atoms with Crippen molar-refractivity contribution in [2.24, 2.45) is 0 Å². The second-order valence-electron chi connectivity index (χ2n) is 5.45. The second-order valence-corrected chi connectivity index (χ2v) is 6.29. The average Bonchev–Trinajstić information content (AvgIpc) is 3.00. The summed E-state index contributed by atoms with van der Waals surface area (Å²) in [5.74, 6) is 0.664. The molecule has 2 heterocycles. The summed E-state index contributed by atoms with van der Waals surface area (Å²) in [4.78, 5) is 15.0. The molecule has 0 amide bonds. The zero-order valence-electron chi connectivity index (χ0n) is 13.1. The number of imidazole rings is 1. The van der Waals surface area contributed by atoms with Gasteiger partial charge in [0.25, 0.3) is 0 Å². The first kappa shape index (κ1) is 15.9. The van der Waals surface area contributed by atoms with Crippen molar-refractivity contribution >= 4 is 34.4 Å². The number of benzene rings is 2. The number of aromatic nitrogens is 3. The van der Waals surface area contributed by atoms with Gasteiger partial charge in [-0.2, -0.15) is 4.73 Å². The summed E-state index contributed by atoms with van der Waals surface area (Å²) < 4.78 is 1.69. The van der Waals surface area contributed by atoms with Crippen LogP contribution in [0, 0.1) is 0 Å². The van der Waals surface area contributed by atoms with Crippen LogP contribution in [0.25, 0.3) is 22.6 Å². The lowest BCUT2D eigenvalue weighted by atomic mass is 10.2. The maximum absolute atomic E-state index is 6.22. The van der Waals surface area contributed by atoms with Crippen LogP contribution in [-0.2, 0) is 6.61 Å². The molecule has 0 unspecified atom stereocenters. The minimum Gasteiger partial charge on any atom is -0.407 e. The number of rotatable bonds is 4. The summed E-state index contributed by atoms with van der Waals surface area (Å²) in [5.41, 5.74) is 3.20. The van der Waals surface area contributed by atoms with Gasteiger partial charge in [-0.05, 0) is 42.5 Å². The zero-order valence-corrected chi connectivity index (χ0v) is 14.6. The molecule has 4 nitrogen and oxygen atoms in total. The van der Waals surface area contributed by atoms with Gasteiger partial charge in [-0.1, -0.05) is 41.4 Å². The minimum atomic E-state index is 0.320. The van der Waals surface area contributed by atoms with Gasteiger partial charge < -0.3 is 4.84 Å². The number of hydrogen-bond donors (Lipinski definition) is 0. The predicted molar refractivity (Wildman–Crippen MR) is 99.7 cm³/mol. The Hall–Kier alpha value is -2.56. The van der Waals surface area contributed by atoms with Crippen molar-refractivity contribution in [3.05, 3.63) is 82.5 Å². The summed E-state index contributed by atoms with van der Waals surface area (Å²) in [5, 5.41) is 1.33. The van der Waals surface area contributed by atoms with Gasteiger partial charge in [0.1, 0.15) is 12.1 Å². The van der Waals surface area contributed by atoms with E-state index in [0.29, 0.717) is 28.1 Å². The van der Waals surface area contributed by atoms with E-state index in [4.69, 9.17) is 28.0 Å². The van der Waals surface area contributed by atoms with Crippen LogP contribution < -0.4 is 4.84 Å². The standard InChI is InChI=1S/C19H13Cl2N3O/c20-15-9-7-13(8-10-15)19-23-18-17(6-3-11-22-18)24(19)25-12-14-4-1-2-5-16(14)21/h1-11H,12H2. The maximum Gasteiger partial charge on any atom is 0.181 e. The van der Waals surface area contributed by atoms with Crippen LogP contribution in [0.1, 0.15) is 5.56 Å². The van der Waals surface area contributed by atoms with E-state index in [2.05, 4.69) is 9.97 Å². The first-order valence-electron chi connectivity index (χ1n) is 7.68. The van der Waals surface area contributed by atoms with Crippen LogP contribution in [0.15, 0.2) is 66.9 Å². The smallest absolute Gasteiger partial charge is 0.181 e. The normalized spacial score (nSPS) is 11.0. The summed E-state index contributed by atoms with van der Waals surface area (Å²) in [6.45, 7) is 0.320. The molecule has 124 valence electrons. The van der Waals surface area contributed by atoms with Crippen LogP contribution in [0.2, 0.25) is 10.0 Å². The van der Waals surface area contributed by atoms with Gasteiger partial charge in [0.05, 0.1) is 0 Å². The van der Waals surface area contributed by atoms with Gasteiger partial charge in [-0.25, -0.2) is 9.97 Å². The Labute approximate surface area is 154 Å². The number of halogens is 2. The third-order valence-corrected chi connectivity index (χ3v) is 4.42. The lowest BCUT2D eigenvalue weighted by Crippen LogP contribution is -2.12. The molecule has 0 saturated heterocycles. The van der Waals surface area contributed by atoms with E-state index in [1.165, 1.54) is 0 Å². The fraction of sp³-hybridized carbons (Fsp3) is 0.0526. The summed E-state index contributed by atoms with van der Waals surface area (Å²) in [7, 11) is 0. The number of hydrogen-bond acceptors (Lipinski definition) is 3. The van der Waals surface area contributed by atoms with E-state index >= 15 is 0 Å². The highest BCUT2D eigenvalue weighted by Crippen LogP contribution is 2.25. The van der Waals surface area contributed by atoms with Crippen molar-refractivity contribution in [3.8, 4) is 11.4 Å². The molecule has 0 saturated carbocycles. The molecule has 4 rings (SSSR count). The summed E-state index contributed by atoms with van der Waals surface area (Å²) >= 11 is 12.2. The average molecular weight is 370 g/mol. The topological polar surface area (TPSA) is 39.9 Å². The molecule has 0 fully saturated rings. The predicted octanol–water partition coefficient (Wildman–Crippen LogP) is 5.03. The molecule has 2 aromatic carbocycles. The van der Waals surface area contributed by atoms with Gasteiger partial charge >= 0.3 is 0 Å². The fourth-order valence-corrected chi connectivity index (χ4v) is 2.87. The van der Waals surface area contributed by atoms with Gasteiger partial charge in [-0.15, -0.1) is 0 Å². The Morgan fingerprint density at radius 2 is 1.72 bits per heavy atom. The van der Waals surface area contributed by atoms with E-state index < -0.39 is 0 Å². The largest absolute Gasteiger partial charge is 0.407 e. The van der Waals surface area contributed by atoms with Gasteiger partial charge in [0.2, 0.25) is 0 Å². The Morgan fingerprint density at radius 3 is 2.52 bits per heavy atom. The van der Waals surface area contributed by atoms with Crippen LogP contribution >= 0.6 is 23.2 Å². The van der Waals surface area contributed by atoms with Crippen molar-refractivity contribution in [1.82, 2.24) is 14.7 Å². The molecule has 0 aliphatic rings. The first-order valence-corrected chi connectivity index (χ1v) is 8.44. The Bertz CT molecular complexity index is 1030. The van der Waals surface area contributed by atoms with Crippen LogP contribution in [0.5, 0.6) is 0 Å². The van der Waals surface area contributed by atoms with Crippen LogP contribution in [0.4, 0.5) is 0 Å². The van der Waals surface area contributed by atoms with Crippen molar-refractivity contribution in [1.29, 1.82) is 0 Å². The van der Waals surface area contributed by atoms with Gasteiger partial charge in [0, 0.05) is 27.4 Å². The molecule has 0 bridgehead atoms. The van der Waals surface area contributed by atoms with E-state index in [0.717, 1.165) is 16.6 Å². The molecule has 0 aliphatic heterocycles. The molecular weight excluding hydrogens is 357 g/mol.